The van der Waals surface area contributed by atoms with Gasteiger partial charge in [0.1, 0.15) is 4.90 Å². The SMILES string of the molecule is CC(CCNS(=O)(=O)c1cc(N)cc(Br)c1F)S(C)=O. The fourth-order valence-electron chi connectivity index (χ4n) is 1.42. The molecule has 5 nitrogen and oxygen atoms in total. The van der Waals surface area contributed by atoms with E-state index in [1.807, 2.05) is 0 Å². The van der Waals surface area contributed by atoms with Crippen molar-refractivity contribution in [1.82, 2.24) is 4.72 Å². The van der Waals surface area contributed by atoms with Crippen LogP contribution >= 0.6 is 15.9 Å². The second-order valence-corrected chi connectivity index (χ2v) is 8.70. The maximum atomic E-state index is 13.8. The topological polar surface area (TPSA) is 89.3 Å². The average Bonchev–Trinajstić information content (AvgIpc) is 2.33. The van der Waals surface area contributed by atoms with Gasteiger partial charge in [-0.3, -0.25) is 4.21 Å². The molecule has 3 N–H and O–H groups in total. The molecule has 0 saturated carbocycles. The van der Waals surface area contributed by atoms with Crippen molar-refractivity contribution >= 4 is 42.4 Å². The normalized spacial score (nSPS) is 15.0. The third-order valence-corrected chi connectivity index (χ3v) is 6.12. The standard InChI is InChI=1S/C11H16BrFN2O3S2/c1-7(19(2)16)3-4-15-20(17,18)10-6-8(14)5-9(12)11(10)13/h5-7,15H,3-4,14H2,1-2H3. The summed E-state index contributed by atoms with van der Waals surface area (Å²) in [5.41, 5.74) is 5.65. The van der Waals surface area contributed by atoms with Crippen molar-refractivity contribution in [2.75, 3.05) is 18.5 Å². The van der Waals surface area contributed by atoms with Gasteiger partial charge in [-0.25, -0.2) is 17.5 Å². The Balaban J connectivity index is 2.87. The fraction of sp³-hybridized carbons (Fsp3) is 0.455. The Morgan fingerprint density at radius 2 is 2.10 bits per heavy atom. The number of hydrogen-bond acceptors (Lipinski definition) is 4. The van der Waals surface area contributed by atoms with Crippen LogP contribution in [0.25, 0.3) is 0 Å². The molecule has 0 fully saturated rings. The summed E-state index contributed by atoms with van der Waals surface area (Å²) in [6, 6.07) is 2.35. The van der Waals surface area contributed by atoms with Gasteiger partial charge >= 0.3 is 0 Å². The summed E-state index contributed by atoms with van der Waals surface area (Å²) in [5.74, 6) is -0.890. The van der Waals surface area contributed by atoms with Crippen molar-refractivity contribution in [1.29, 1.82) is 0 Å². The molecule has 0 aliphatic heterocycles. The van der Waals surface area contributed by atoms with E-state index in [-0.39, 0.29) is 22.0 Å². The molecule has 0 amide bonds. The van der Waals surface area contributed by atoms with E-state index < -0.39 is 31.5 Å². The highest BCUT2D eigenvalue weighted by molar-refractivity contribution is 9.10. The zero-order valence-electron chi connectivity index (χ0n) is 11.0. The van der Waals surface area contributed by atoms with Crippen molar-refractivity contribution in [3.05, 3.63) is 22.4 Å². The molecule has 0 aromatic heterocycles. The highest BCUT2D eigenvalue weighted by Gasteiger charge is 2.21. The molecule has 1 aromatic rings. The minimum absolute atomic E-state index is 0.0131. The summed E-state index contributed by atoms with van der Waals surface area (Å²) in [5, 5.41) is -0.143. The fourth-order valence-corrected chi connectivity index (χ4v) is 3.66. The van der Waals surface area contributed by atoms with Gasteiger partial charge in [-0.05, 0) is 34.5 Å². The predicted octanol–water partition coefficient (Wildman–Crippen LogP) is 1.61. The first-order chi connectivity index (χ1) is 9.15. The number of halogens is 2. The summed E-state index contributed by atoms with van der Waals surface area (Å²) in [7, 11) is -5.02. The maximum absolute atomic E-state index is 13.8. The first-order valence-corrected chi connectivity index (χ1v) is 9.61. The van der Waals surface area contributed by atoms with Gasteiger partial charge in [-0.1, -0.05) is 6.92 Å². The summed E-state index contributed by atoms with van der Waals surface area (Å²) in [4.78, 5) is -0.505. The summed E-state index contributed by atoms with van der Waals surface area (Å²) < 4.78 is 51.3. The lowest BCUT2D eigenvalue weighted by atomic mass is 10.3. The van der Waals surface area contributed by atoms with Crippen LogP contribution < -0.4 is 10.5 Å². The van der Waals surface area contributed by atoms with Crippen LogP contribution in [0.4, 0.5) is 10.1 Å². The number of anilines is 1. The van der Waals surface area contributed by atoms with Crippen LogP contribution in [0.2, 0.25) is 0 Å². The lowest BCUT2D eigenvalue weighted by Gasteiger charge is -2.11. The van der Waals surface area contributed by atoms with Crippen LogP contribution in [0.5, 0.6) is 0 Å². The molecule has 0 aliphatic carbocycles. The number of sulfonamides is 1. The second-order valence-electron chi connectivity index (χ2n) is 4.31. The van der Waals surface area contributed by atoms with Crippen molar-refractivity contribution < 1.29 is 17.0 Å². The number of benzene rings is 1. The van der Waals surface area contributed by atoms with Crippen molar-refractivity contribution in [3.8, 4) is 0 Å². The number of rotatable bonds is 6. The van der Waals surface area contributed by atoms with Gasteiger partial charge in [0.2, 0.25) is 10.0 Å². The van der Waals surface area contributed by atoms with Gasteiger partial charge in [0, 0.05) is 34.5 Å². The molecule has 114 valence electrons. The van der Waals surface area contributed by atoms with Gasteiger partial charge in [-0.2, -0.15) is 0 Å². The molecular formula is C11H16BrFN2O3S2. The minimum Gasteiger partial charge on any atom is -0.399 e. The molecule has 1 aromatic carbocycles. The largest absolute Gasteiger partial charge is 0.399 e. The molecule has 2 unspecified atom stereocenters. The van der Waals surface area contributed by atoms with Crippen LogP contribution in [0.3, 0.4) is 0 Å². The molecule has 0 heterocycles. The number of nitrogen functional groups attached to an aromatic ring is 1. The molecule has 20 heavy (non-hydrogen) atoms. The quantitative estimate of drug-likeness (QED) is 0.726. The van der Waals surface area contributed by atoms with Crippen molar-refractivity contribution in [2.45, 2.75) is 23.5 Å². The third-order valence-electron chi connectivity index (χ3n) is 2.72. The first kappa shape index (κ1) is 17.5. The van der Waals surface area contributed by atoms with Gasteiger partial charge in [0.15, 0.2) is 5.82 Å². The molecule has 0 bridgehead atoms. The first-order valence-electron chi connectivity index (χ1n) is 5.71. The van der Waals surface area contributed by atoms with E-state index >= 15 is 0 Å². The molecule has 0 saturated heterocycles. The Morgan fingerprint density at radius 3 is 2.65 bits per heavy atom. The summed E-state index contributed by atoms with van der Waals surface area (Å²) >= 11 is 2.91. The molecule has 9 heteroatoms. The van der Waals surface area contributed by atoms with Crippen LogP contribution in [0.15, 0.2) is 21.5 Å². The van der Waals surface area contributed by atoms with E-state index in [4.69, 9.17) is 5.73 Å². The monoisotopic (exact) mass is 386 g/mol. The van der Waals surface area contributed by atoms with Gasteiger partial charge in [-0.15, -0.1) is 0 Å². The van der Waals surface area contributed by atoms with E-state index in [9.17, 15) is 17.0 Å². The van der Waals surface area contributed by atoms with Crippen LogP contribution in [-0.4, -0.2) is 30.7 Å². The Kier molecular flexibility index (Phi) is 6.11. The minimum atomic E-state index is -3.99. The van der Waals surface area contributed by atoms with Crippen molar-refractivity contribution in [3.63, 3.8) is 0 Å². The van der Waals surface area contributed by atoms with Gasteiger partial charge in [0.05, 0.1) is 4.47 Å². The van der Waals surface area contributed by atoms with Crippen molar-refractivity contribution in [2.24, 2.45) is 0 Å². The molecule has 2 atom stereocenters. The van der Waals surface area contributed by atoms with Crippen LogP contribution in [0.1, 0.15) is 13.3 Å². The molecular weight excluding hydrogens is 371 g/mol. The zero-order valence-corrected chi connectivity index (χ0v) is 14.2. The van der Waals surface area contributed by atoms with E-state index in [1.54, 1.807) is 13.2 Å². The van der Waals surface area contributed by atoms with E-state index in [0.29, 0.717) is 6.42 Å². The maximum Gasteiger partial charge on any atom is 0.243 e. The molecule has 1 rings (SSSR count). The third kappa shape index (κ3) is 4.51. The smallest absolute Gasteiger partial charge is 0.243 e. The summed E-state index contributed by atoms with van der Waals surface area (Å²) in [6.07, 6.45) is 1.95. The van der Waals surface area contributed by atoms with Gasteiger partial charge in [0.25, 0.3) is 0 Å². The Bertz CT molecular complexity index is 622. The van der Waals surface area contributed by atoms with E-state index in [1.165, 1.54) is 6.07 Å². The Labute approximate surface area is 128 Å². The molecule has 0 spiro atoms. The highest BCUT2D eigenvalue weighted by Crippen LogP contribution is 2.25. The van der Waals surface area contributed by atoms with Gasteiger partial charge < -0.3 is 5.73 Å². The lowest BCUT2D eigenvalue weighted by molar-refractivity contribution is 0.552. The Hall–Kier alpha value is -0.510. The van der Waals surface area contributed by atoms with E-state index in [0.717, 1.165) is 6.07 Å². The lowest BCUT2D eigenvalue weighted by Crippen LogP contribution is -2.28. The van der Waals surface area contributed by atoms with Crippen LogP contribution in [0, 0.1) is 5.82 Å². The van der Waals surface area contributed by atoms with E-state index in [2.05, 4.69) is 20.7 Å². The Morgan fingerprint density at radius 1 is 1.50 bits per heavy atom. The summed E-state index contributed by atoms with van der Waals surface area (Å²) in [6.45, 7) is 1.83. The zero-order chi connectivity index (χ0) is 15.5. The number of nitrogens with two attached hydrogens (primary N) is 1. The van der Waals surface area contributed by atoms with Crippen LogP contribution in [-0.2, 0) is 20.8 Å². The molecule has 0 radical (unpaired) electrons. The number of hydrogen-bond donors (Lipinski definition) is 2. The predicted molar refractivity (Wildman–Crippen MR) is 81.8 cm³/mol. The second kappa shape index (κ2) is 6.97. The molecule has 0 aliphatic rings. The highest BCUT2D eigenvalue weighted by atomic mass is 79.9. The average molecular weight is 387 g/mol. The number of nitrogens with one attached hydrogen (secondary N) is 1.